The van der Waals surface area contributed by atoms with Crippen molar-refractivity contribution in [2.24, 2.45) is 0 Å². The molecule has 0 atom stereocenters. The zero-order chi connectivity index (χ0) is 13.9. The maximum Gasteiger partial charge on any atom is 0.175 e. The second kappa shape index (κ2) is 5.65. The summed E-state index contributed by atoms with van der Waals surface area (Å²) in [6.45, 7) is 0. The summed E-state index contributed by atoms with van der Waals surface area (Å²) in [6, 6.07) is 6.36. The second-order valence-corrected chi connectivity index (χ2v) is 5.50. The number of benzene rings is 1. The largest absolute Gasteiger partial charge is 0.380 e. The third-order valence-electron chi connectivity index (χ3n) is 4.10. The molecule has 0 saturated heterocycles. The molecule has 106 valence electrons. The maximum absolute atomic E-state index is 13.1. The first-order valence-electron chi connectivity index (χ1n) is 7.26. The number of nitrogens with two attached hydrogens (primary N) is 1. The number of nitrogen functional groups attached to an aromatic ring is 1. The molecule has 1 saturated carbocycles. The average Bonchev–Trinajstić information content (AvgIpc) is 2.67. The molecule has 0 amide bonds. The molecule has 1 aromatic heterocycles. The van der Waals surface area contributed by atoms with E-state index in [1.807, 2.05) is 0 Å². The van der Waals surface area contributed by atoms with Crippen LogP contribution in [0.4, 0.5) is 10.2 Å². The lowest BCUT2D eigenvalue weighted by atomic mass is 9.92. The summed E-state index contributed by atoms with van der Waals surface area (Å²) < 4.78 is 18.6. The number of nitrogens with zero attached hydrogens (tertiary/aromatic N) is 1. The number of aromatic nitrogens is 1. The molecule has 3 rings (SSSR count). The minimum atomic E-state index is -0.250. The Kier molecular flexibility index (Phi) is 3.72. The van der Waals surface area contributed by atoms with Crippen molar-refractivity contribution < 1.29 is 8.91 Å². The summed E-state index contributed by atoms with van der Waals surface area (Å²) in [7, 11) is 0. The number of hydrogen-bond donors (Lipinski definition) is 1. The van der Waals surface area contributed by atoms with Gasteiger partial charge in [-0.15, -0.1) is 0 Å². The van der Waals surface area contributed by atoms with Crippen molar-refractivity contribution in [2.75, 3.05) is 5.73 Å². The Morgan fingerprint density at radius 2 is 1.70 bits per heavy atom. The molecule has 1 aliphatic carbocycles. The van der Waals surface area contributed by atoms with Crippen LogP contribution in [0.3, 0.4) is 0 Å². The Balaban J connectivity index is 1.98. The van der Waals surface area contributed by atoms with Crippen LogP contribution in [-0.2, 0) is 0 Å². The minimum absolute atomic E-state index is 0.250. The first-order valence-corrected chi connectivity index (χ1v) is 7.26. The standard InChI is InChI=1S/C16H19FN2O/c17-13-9-7-11(8-10-13)14-15(20-19-16(14)18)12-5-3-1-2-4-6-12/h7-10,12H,1-6H2,(H2,18,19). The van der Waals surface area contributed by atoms with Crippen molar-refractivity contribution in [1.29, 1.82) is 0 Å². The van der Waals surface area contributed by atoms with Gasteiger partial charge in [0.25, 0.3) is 0 Å². The van der Waals surface area contributed by atoms with Gasteiger partial charge in [-0.3, -0.25) is 0 Å². The fraction of sp³-hybridized carbons (Fsp3) is 0.438. The molecule has 1 fully saturated rings. The molecule has 0 bridgehead atoms. The SMILES string of the molecule is Nc1noc(C2CCCCCC2)c1-c1ccc(F)cc1. The maximum atomic E-state index is 13.1. The van der Waals surface area contributed by atoms with Gasteiger partial charge >= 0.3 is 0 Å². The third-order valence-corrected chi connectivity index (χ3v) is 4.10. The lowest BCUT2D eigenvalue weighted by molar-refractivity contribution is 0.350. The van der Waals surface area contributed by atoms with E-state index in [0.717, 1.165) is 29.7 Å². The fourth-order valence-corrected chi connectivity index (χ4v) is 3.04. The highest BCUT2D eigenvalue weighted by Crippen LogP contribution is 2.40. The molecule has 2 N–H and O–H groups in total. The number of halogens is 1. The fourth-order valence-electron chi connectivity index (χ4n) is 3.04. The van der Waals surface area contributed by atoms with E-state index in [-0.39, 0.29) is 5.82 Å². The smallest absolute Gasteiger partial charge is 0.175 e. The van der Waals surface area contributed by atoms with Gasteiger partial charge in [0.15, 0.2) is 5.82 Å². The molecular weight excluding hydrogens is 255 g/mol. The van der Waals surface area contributed by atoms with E-state index in [2.05, 4.69) is 5.16 Å². The summed E-state index contributed by atoms with van der Waals surface area (Å²) in [5, 5.41) is 3.93. The predicted molar refractivity (Wildman–Crippen MR) is 76.8 cm³/mol. The number of rotatable bonds is 2. The Labute approximate surface area is 118 Å². The van der Waals surface area contributed by atoms with Crippen LogP contribution in [0.2, 0.25) is 0 Å². The highest BCUT2D eigenvalue weighted by molar-refractivity contribution is 5.75. The lowest BCUT2D eigenvalue weighted by Gasteiger charge is -2.12. The van der Waals surface area contributed by atoms with Gasteiger partial charge in [0.05, 0.1) is 5.56 Å². The van der Waals surface area contributed by atoms with Gasteiger partial charge < -0.3 is 10.3 Å². The minimum Gasteiger partial charge on any atom is -0.380 e. The Morgan fingerprint density at radius 3 is 2.35 bits per heavy atom. The van der Waals surface area contributed by atoms with E-state index in [9.17, 15) is 4.39 Å². The highest BCUT2D eigenvalue weighted by Gasteiger charge is 2.25. The van der Waals surface area contributed by atoms with Crippen molar-refractivity contribution >= 4 is 5.82 Å². The van der Waals surface area contributed by atoms with Crippen molar-refractivity contribution in [3.63, 3.8) is 0 Å². The lowest BCUT2D eigenvalue weighted by Crippen LogP contribution is -1.98. The monoisotopic (exact) mass is 274 g/mol. The van der Waals surface area contributed by atoms with Gasteiger partial charge in [-0.2, -0.15) is 0 Å². The highest BCUT2D eigenvalue weighted by atomic mass is 19.1. The molecular formula is C16H19FN2O. The van der Waals surface area contributed by atoms with Crippen LogP contribution in [0, 0.1) is 5.82 Å². The zero-order valence-corrected chi connectivity index (χ0v) is 11.4. The first kappa shape index (κ1) is 13.2. The molecule has 1 aromatic carbocycles. The molecule has 1 heterocycles. The summed E-state index contributed by atoms with van der Waals surface area (Å²) >= 11 is 0. The van der Waals surface area contributed by atoms with E-state index < -0.39 is 0 Å². The second-order valence-electron chi connectivity index (χ2n) is 5.50. The van der Waals surface area contributed by atoms with Gasteiger partial charge in [-0.25, -0.2) is 4.39 Å². The van der Waals surface area contributed by atoms with Gasteiger partial charge in [-0.1, -0.05) is 43.0 Å². The van der Waals surface area contributed by atoms with Crippen molar-refractivity contribution in [3.05, 3.63) is 35.8 Å². The van der Waals surface area contributed by atoms with Gasteiger partial charge in [0.2, 0.25) is 0 Å². The summed E-state index contributed by atoms with van der Waals surface area (Å²) in [5.74, 6) is 1.40. The third kappa shape index (κ3) is 2.55. The molecule has 0 spiro atoms. The van der Waals surface area contributed by atoms with Crippen LogP contribution in [0.15, 0.2) is 28.8 Å². The molecule has 2 aromatic rings. The van der Waals surface area contributed by atoms with Crippen LogP contribution in [0.25, 0.3) is 11.1 Å². The van der Waals surface area contributed by atoms with Crippen LogP contribution < -0.4 is 5.73 Å². The summed E-state index contributed by atoms with van der Waals surface area (Å²) in [6.07, 6.45) is 7.23. The Bertz CT molecular complexity index is 569. The van der Waals surface area contributed by atoms with Crippen LogP contribution in [0.1, 0.15) is 50.2 Å². The van der Waals surface area contributed by atoms with Gasteiger partial charge in [0, 0.05) is 5.92 Å². The number of hydrogen-bond acceptors (Lipinski definition) is 3. The molecule has 4 heteroatoms. The molecule has 0 aliphatic heterocycles. The Morgan fingerprint density at radius 1 is 1.05 bits per heavy atom. The van der Waals surface area contributed by atoms with Crippen molar-refractivity contribution in [1.82, 2.24) is 5.16 Å². The van der Waals surface area contributed by atoms with Crippen LogP contribution in [-0.4, -0.2) is 5.16 Å². The van der Waals surface area contributed by atoms with Crippen molar-refractivity contribution in [2.45, 2.75) is 44.4 Å². The summed E-state index contributed by atoms with van der Waals surface area (Å²) in [4.78, 5) is 0. The van der Waals surface area contributed by atoms with E-state index in [4.69, 9.17) is 10.3 Å². The van der Waals surface area contributed by atoms with E-state index in [0.29, 0.717) is 11.7 Å². The van der Waals surface area contributed by atoms with Crippen LogP contribution >= 0.6 is 0 Å². The molecule has 3 nitrogen and oxygen atoms in total. The molecule has 0 radical (unpaired) electrons. The normalized spacial score (nSPS) is 17.1. The molecule has 1 aliphatic rings. The topological polar surface area (TPSA) is 52.0 Å². The van der Waals surface area contributed by atoms with Gasteiger partial charge in [0.1, 0.15) is 11.6 Å². The van der Waals surface area contributed by atoms with E-state index in [1.54, 1.807) is 12.1 Å². The van der Waals surface area contributed by atoms with Crippen LogP contribution in [0.5, 0.6) is 0 Å². The predicted octanol–water partition coefficient (Wildman–Crippen LogP) is 4.50. The average molecular weight is 274 g/mol. The summed E-state index contributed by atoms with van der Waals surface area (Å²) in [5.41, 5.74) is 7.68. The van der Waals surface area contributed by atoms with Gasteiger partial charge in [-0.05, 0) is 30.5 Å². The number of anilines is 1. The molecule has 20 heavy (non-hydrogen) atoms. The quantitative estimate of drug-likeness (QED) is 0.820. The Hall–Kier alpha value is -1.84. The van der Waals surface area contributed by atoms with E-state index in [1.165, 1.54) is 37.8 Å². The zero-order valence-electron chi connectivity index (χ0n) is 11.4. The first-order chi connectivity index (χ1) is 9.75. The van der Waals surface area contributed by atoms with E-state index >= 15 is 0 Å². The van der Waals surface area contributed by atoms with Crippen molar-refractivity contribution in [3.8, 4) is 11.1 Å². The molecule has 0 unspecified atom stereocenters.